The Morgan fingerprint density at radius 3 is 2.85 bits per heavy atom. The Kier molecular flexibility index (Phi) is 5.25. The molecular weight excluding hydrogens is 290 g/mol. The second kappa shape index (κ2) is 7.16. The van der Waals surface area contributed by atoms with Crippen LogP contribution in [-0.4, -0.2) is 21.5 Å². The molecule has 0 saturated heterocycles. The van der Waals surface area contributed by atoms with Crippen LogP contribution in [0.2, 0.25) is 0 Å². The molecule has 3 aromatic rings. The fraction of sp³-hybridized carbons (Fsp3) is 0.308. The molecule has 0 radical (unpaired) electrons. The summed E-state index contributed by atoms with van der Waals surface area (Å²) >= 11 is 3.17. The van der Waals surface area contributed by atoms with E-state index in [-0.39, 0.29) is 0 Å². The van der Waals surface area contributed by atoms with Gasteiger partial charge in [-0.15, -0.1) is 22.7 Å². The maximum atomic E-state index is 5.59. The van der Waals surface area contributed by atoms with Gasteiger partial charge in [-0.05, 0) is 11.4 Å². The first-order valence-electron chi connectivity index (χ1n) is 6.45. The first kappa shape index (κ1) is 14.7. The fourth-order valence-corrected chi connectivity index (χ4v) is 3.15. The molecule has 0 aliphatic rings. The highest BCUT2D eigenvalue weighted by Crippen LogP contribution is 2.24. The molecule has 3 rings (SSSR count). The monoisotopic (exact) mass is 307 g/mol. The third kappa shape index (κ3) is 3.43. The maximum Gasteiger partial charge on any atom is 0.180 e. The van der Waals surface area contributed by atoms with Gasteiger partial charge in [0, 0.05) is 24.0 Å². The Hall–Kier alpha value is -1.73. The molecule has 0 aliphatic heterocycles. The molecule has 0 aliphatic carbocycles. The Balaban J connectivity index is 0.000000704. The molecule has 0 amide bonds. The number of nitrogens with zero attached hydrogens (tertiary/aromatic N) is 3. The lowest BCUT2D eigenvalue weighted by molar-refractivity contribution is 1.02. The third-order valence-electron chi connectivity index (χ3n) is 2.48. The molecule has 0 saturated carbocycles. The van der Waals surface area contributed by atoms with Crippen molar-refractivity contribution in [2.45, 2.75) is 20.3 Å². The number of hydrogen-bond donors (Lipinski definition) is 2. The van der Waals surface area contributed by atoms with Crippen LogP contribution in [0.4, 0.5) is 10.9 Å². The summed E-state index contributed by atoms with van der Waals surface area (Å²) in [6.45, 7) is 4.81. The van der Waals surface area contributed by atoms with Crippen molar-refractivity contribution in [2.75, 3.05) is 17.6 Å². The van der Waals surface area contributed by atoms with E-state index in [1.807, 2.05) is 31.5 Å². The first-order valence-corrected chi connectivity index (χ1v) is 8.15. The number of fused-ring (bicyclic) bond motifs is 1. The van der Waals surface area contributed by atoms with Crippen molar-refractivity contribution in [1.82, 2.24) is 15.0 Å². The molecule has 0 atom stereocenters. The minimum Gasteiger partial charge on any atom is -0.375 e. The van der Waals surface area contributed by atoms with E-state index in [9.17, 15) is 0 Å². The van der Waals surface area contributed by atoms with Gasteiger partial charge < -0.3 is 11.1 Å². The zero-order valence-corrected chi connectivity index (χ0v) is 13.1. The Morgan fingerprint density at radius 1 is 1.25 bits per heavy atom. The van der Waals surface area contributed by atoms with E-state index < -0.39 is 0 Å². The number of nitrogen functional groups attached to an aromatic ring is 1. The molecular formula is C13H17N5S2. The van der Waals surface area contributed by atoms with Gasteiger partial charge in [-0.2, -0.15) is 0 Å². The van der Waals surface area contributed by atoms with Crippen LogP contribution in [0.5, 0.6) is 0 Å². The number of anilines is 2. The van der Waals surface area contributed by atoms with Crippen LogP contribution in [0.1, 0.15) is 18.7 Å². The highest BCUT2D eigenvalue weighted by Gasteiger charge is 2.04. The zero-order valence-electron chi connectivity index (χ0n) is 11.5. The average molecular weight is 307 g/mol. The Morgan fingerprint density at radius 2 is 2.10 bits per heavy atom. The number of aromatic nitrogens is 3. The lowest BCUT2D eigenvalue weighted by Gasteiger charge is -2.04. The summed E-state index contributed by atoms with van der Waals surface area (Å²) in [5, 5.41) is 5.97. The number of nitrogens with two attached hydrogens (primary N) is 1. The molecule has 106 valence electrons. The van der Waals surface area contributed by atoms with E-state index in [0.29, 0.717) is 5.13 Å². The van der Waals surface area contributed by atoms with Crippen molar-refractivity contribution in [1.29, 1.82) is 0 Å². The third-order valence-corrected chi connectivity index (χ3v) is 4.28. The molecule has 0 bridgehead atoms. The van der Waals surface area contributed by atoms with Crippen molar-refractivity contribution in [2.24, 2.45) is 0 Å². The SMILES string of the molecule is CC.Nc1ncc(CCNc2ncnc3ccsc23)s1. The first-order chi connectivity index (χ1) is 9.83. The van der Waals surface area contributed by atoms with Crippen LogP contribution in [0.25, 0.3) is 10.2 Å². The highest BCUT2D eigenvalue weighted by atomic mass is 32.1. The van der Waals surface area contributed by atoms with E-state index in [2.05, 4.69) is 20.3 Å². The maximum absolute atomic E-state index is 5.59. The minimum absolute atomic E-state index is 0.618. The van der Waals surface area contributed by atoms with Gasteiger partial charge in [0.1, 0.15) is 12.1 Å². The van der Waals surface area contributed by atoms with Crippen molar-refractivity contribution in [3.8, 4) is 0 Å². The van der Waals surface area contributed by atoms with E-state index in [0.717, 1.165) is 29.0 Å². The van der Waals surface area contributed by atoms with Crippen molar-refractivity contribution < 1.29 is 0 Å². The van der Waals surface area contributed by atoms with E-state index in [1.165, 1.54) is 16.2 Å². The van der Waals surface area contributed by atoms with Gasteiger partial charge in [-0.25, -0.2) is 15.0 Å². The predicted molar refractivity (Wildman–Crippen MR) is 87.5 cm³/mol. The average Bonchev–Trinajstić information content (AvgIpc) is 3.10. The van der Waals surface area contributed by atoms with Gasteiger partial charge in [-0.1, -0.05) is 13.8 Å². The lowest BCUT2D eigenvalue weighted by atomic mass is 10.3. The number of rotatable bonds is 4. The topological polar surface area (TPSA) is 76.7 Å². The standard InChI is InChI=1S/C11H11N5S2.C2H6/c12-11-14-5-7(18-11)1-3-13-10-9-8(2-4-17-9)15-6-16-10;1-2/h2,4-6H,1,3H2,(H2,12,14)(H,13,15,16);1-2H3. The van der Waals surface area contributed by atoms with E-state index in [1.54, 1.807) is 17.7 Å². The summed E-state index contributed by atoms with van der Waals surface area (Å²) in [7, 11) is 0. The molecule has 0 aromatic carbocycles. The number of thiophene rings is 1. The highest BCUT2D eigenvalue weighted by molar-refractivity contribution is 7.17. The number of thiazole rings is 1. The van der Waals surface area contributed by atoms with Gasteiger partial charge in [0.25, 0.3) is 0 Å². The van der Waals surface area contributed by atoms with Crippen molar-refractivity contribution in [3.05, 3.63) is 28.8 Å². The summed E-state index contributed by atoms with van der Waals surface area (Å²) in [5.41, 5.74) is 6.58. The van der Waals surface area contributed by atoms with E-state index >= 15 is 0 Å². The van der Waals surface area contributed by atoms with Crippen LogP contribution < -0.4 is 11.1 Å². The van der Waals surface area contributed by atoms with E-state index in [4.69, 9.17) is 5.73 Å². The molecule has 5 nitrogen and oxygen atoms in total. The van der Waals surface area contributed by atoms with Crippen LogP contribution in [0, 0.1) is 0 Å². The summed E-state index contributed by atoms with van der Waals surface area (Å²) in [6, 6.07) is 2.00. The largest absolute Gasteiger partial charge is 0.375 e. The molecule has 3 aromatic heterocycles. The van der Waals surface area contributed by atoms with Crippen molar-refractivity contribution in [3.63, 3.8) is 0 Å². The lowest BCUT2D eigenvalue weighted by Crippen LogP contribution is -2.05. The Labute approximate surface area is 125 Å². The van der Waals surface area contributed by atoms with Gasteiger partial charge in [0.05, 0.1) is 10.2 Å². The molecule has 3 N–H and O–H groups in total. The molecule has 0 spiro atoms. The smallest absolute Gasteiger partial charge is 0.180 e. The Bertz CT molecular complexity index is 661. The van der Waals surface area contributed by atoms with Gasteiger partial charge in [-0.3, -0.25) is 0 Å². The molecule has 0 fully saturated rings. The van der Waals surface area contributed by atoms with Crippen molar-refractivity contribution >= 4 is 43.8 Å². The normalized spacial score (nSPS) is 10.1. The van der Waals surface area contributed by atoms with Crippen LogP contribution in [0.3, 0.4) is 0 Å². The van der Waals surface area contributed by atoms with Crippen LogP contribution in [0.15, 0.2) is 24.0 Å². The summed E-state index contributed by atoms with van der Waals surface area (Å²) in [5.74, 6) is 0.896. The zero-order chi connectivity index (χ0) is 14.4. The molecule has 3 heterocycles. The summed E-state index contributed by atoms with van der Waals surface area (Å²) < 4.78 is 1.10. The van der Waals surface area contributed by atoms with Crippen LogP contribution >= 0.6 is 22.7 Å². The number of hydrogen-bond acceptors (Lipinski definition) is 7. The second-order valence-corrected chi connectivity index (χ2v) is 5.76. The summed E-state index contributed by atoms with van der Waals surface area (Å²) in [4.78, 5) is 13.7. The predicted octanol–water partition coefficient (Wildman–Crippen LogP) is 3.41. The second-order valence-electron chi connectivity index (χ2n) is 3.70. The van der Waals surface area contributed by atoms with Gasteiger partial charge in [0.2, 0.25) is 0 Å². The fourth-order valence-electron chi connectivity index (χ4n) is 1.66. The molecule has 20 heavy (non-hydrogen) atoms. The minimum atomic E-state index is 0.618. The quantitative estimate of drug-likeness (QED) is 0.772. The molecule has 7 heteroatoms. The summed E-state index contributed by atoms with van der Waals surface area (Å²) in [6.07, 6.45) is 4.30. The molecule has 0 unspecified atom stereocenters. The van der Waals surface area contributed by atoms with Crippen LogP contribution in [-0.2, 0) is 6.42 Å². The van der Waals surface area contributed by atoms with Gasteiger partial charge >= 0.3 is 0 Å². The van der Waals surface area contributed by atoms with Gasteiger partial charge in [0.15, 0.2) is 5.13 Å². The number of nitrogens with one attached hydrogen (secondary N) is 1.